The van der Waals surface area contributed by atoms with Crippen LogP contribution < -0.4 is 5.56 Å². The summed E-state index contributed by atoms with van der Waals surface area (Å²) in [4.78, 5) is 14.3. The predicted octanol–water partition coefficient (Wildman–Crippen LogP) is -0.613. The monoisotopic (exact) mass is 407 g/mol. The van der Waals surface area contributed by atoms with Crippen molar-refractivity contribution in [2.45, 2.75) is 19.4 Å². The summed E-state index contributed by atoms with van der Waals surface area (Å²) in [5.41, 5.74) is -0.161. The second-order valence-corrected chi connectivity index (χ2v) is 8.99. The Morgan fingerprint density at radius 2 is 1.64 bits per heavy atom. The first kappa shape index (κ1) is 19.2. The molecule has 0 saturated carbocycles. The SMILES string of the molecule is O=c1ccc(-n2cccn2)nn1CCN1CCN(S(=O)(=O)N2CCCC2)CC1. The van der Waals surface area contributed by atoms with E-state index >= 15 is 0 Å². The highest BCUT2D eigenvalue weighted by molar-refractivity contribution is 7.86. The van der Waals surface area contributed by atoms with Crippen LogP contribution in [0.1, 0.15) is 12.8 Å². The van der Waals surface area contributed by atoms with Crippen LogP contribution in [0.2, 0.25) is 0 Å². The Kier molecular flexibility index (Phi) is 5.58. The highest BCUT2D eigenvalue weighted by atomic mass is 32.2. The van der Waals surface area contributed by atoms with Gasteiger partial charge in [0.2, 0.25) is 0 Å². The molecule has 4 heterocycles. The summed E-state index contributed by atoms with van der Waals surface area (Å²) in [7, 11) is -3.33. The molecule has 0 amide bonds. The molecule has 0 bridgehead atoms. The first-order valence-corrected chi connectivity index (χ1v) is 11.0. The molecule has 0 aromatic carbocycles. The Balaban J connectivity index is 1.33. The fourth-order valence-corrected chi connectivity index (χ4v) is 5.30. The molecule has 152 valence electrons. The Hall–Kier alpha value is -2.08. The van der Waals surface area contributed by atoms with Crippen molar-refractivity contribution in [3.8, 4) is 5.82 Å². The van der Waals surface area contributed by atoms with E-state index in [-0.39, 0.29) is 5.56 Å². The van der Waals surface area contributed by atoms with Crippen LogP contribution in [0.15, 0.2) is 35.4 Å². The van der Waals surface area contributed by atoms with E-state index in [1.54, 1.807) is 37.8 Å². The average Bonchev–Trinajstić information content (AvgIpc) is 3.42. The Bertz CT molecular complexity index is 943. The quantitative estimate of drug-likeness (QED) is 0.634. The Morgan fingerprint density at radius 3 is 2.32 bits per heavy atom. The van der Waals surface area contributed by atoms with Gasteiger partial charge in [0, 0.05) is 64.3 Å². The molecule has 2 saturated heterocycles. The van der Waals surface area contributed by atoms with Crippen molar-refractivity contribution in [3.63, 3.8) is 0 Å². The van der Waals surface area contributed by atoms with Crippen LogP contribution in [0.4, 0.5) is 0 Å². The van der Waals surface area contributed by atoms with Gasteiger partial charge in [-0.25, -0.2) is 9.36 Å². The van der Waals surface area contributed by atoms with Gasteiger partial charge in [-0.05, 0) is 25.0 Å². The Labute approximate surface area is 164 Å². The summed E-state index contributed by atoms with van der Waals surface area (Å²) < 4.78 is 31.5. The zero-order chi connectivity index (χ0) is 19.6. The normalized spacial score (nSPS) is 20.0. The molecule has 0 aliphatic carbocycles. The fourth-order valence-electron chi connectivity index (χ4n) is 3.63. The van der Waals surface area contributed by atoms with Gasteiger partial charge in [-0.2, -0.15) is 22.1 Å². The van der Waals surface area contributed by atoms with E-state index in [1.165, 1.54) is 10.7 Å². The van der Waals surface area contributed by atoms with Crippen molar-refractivity contribution in [1.82, 2.24) is 33.1 Å². The minimum Gasteiger partial charge on any atom is -0.299 e. The van der Waals surface area contributed by atoms with Gasteiger partial charge in [0.05, 0.1) is 6.54 Å². The minimum atomic E-state index is -3.33. The van der Waals surface area contributed by atoms with Gasteiger partial charge in [-0.3, -0.25) is 9.69 Å². The third-order valence-electron chi connectivity index (χ3n) is 5.27. The lowest BCUT2D eigenvalue weighted by Gasteiger charge is -2.35. The number of nitrogens with zero attached hydrogens (tertiary/aromatic N) is 7. The van der Waals surface area contributed by atoms with Gasteiger partial charge in [0.15, 0.2) is 5.82 Å². The van der Waals surface area contributed by atoms with Crippen LogP contribution in [-0.2, 0) is 16.8 Å². The van der Waals surface area contributed by atoms with Gasteiger partial charge in [-0.1, -0.05) is 0 Å². The first-order chi connectivity index (χ1) is 13.5. The molecule has 2 aromatic rings. The molecular weight excluding hydrogens is 382 g/mol. The first-order valence-electron chi connectivity index (χ1n) is 9.60. The van der Waals surface area contributed by atoms with Crippen molar-refractivity contribution >= 4 is 10.2 Å². The molecule has 0 radical (unpaired) electrons. The van der Waals surface area contributed by atoms with Crippen molar-refractivity contribution in [3.05, 3.63) is 40.9 Å². The standard InChI is InChI=1S/C17H25N7O3S/c25-17-5-4-16(23-9-3-6-18-23)19-24(17)15-12-20-10-13-22(14-11-20)28(26,27)21-7-1-2-8-21/h3-6,9H,1-2,7-8,10-15H2. The summed E-state index contributed by atoms with van der Waals surface area (Å²) in [6.45, 7) is 4.62. The molecule has 0 N–H and O–H groups in total. The molecule has 4 rings (SSSR count). The van der Waals surface area contributed by atoms with Gasteiger partial charge in [0.1, 0.15) is 0 Å². The summed E-state index contributed by atoms with van der Waals surface area (Å²) >= 11 is 0. The molecule has 11 heteroatoms. The second kappa shape index (κ2) is 8.11. The predicted molar refractivity (Wildman–Crippen MR) is 103 cm³/mol. The number of hydrogen-bond donors (Lipinski definition) is 0. The van der Waals surface area contributed by atoms with Crippen molar-refractivity contribution in [1.29, 1.82) is 0 Å². The van der Waals surface area contributed by atoms with Crippen LogP contribution >= 0.6 is 0 Å². The van der Waals surface area contributed by atoms with E-state index in [9.17, 15) is 13.2 Å². The molecule has 0 spiro atoms. The van der Waals surface area contributed by atoms with Crippen LogP contribution in [0, 0.1) is 0 Å². The minimum absolute atomic E-state index is 0.161. The third kappa shape index (κ3) is 4.02. The summed E-state index contributed by atoms with van der Waals surface area (Å²) in [6, 6.07) is 4.94. The van der Waals surface area contributed by atoms with Gasteiger partial charge >= 0.3 is 0 Å². The van der Waals surface area contributed by atoms with E-state index < -0.39 is 10.2 Å². The average molecular weight is 408 g/mol. The lowest BCUT2D eigenvalue weighted by Crippen LogP contribution is -2.53. The lowest BCUT2D eigenvalue weighted by atomic mass is 10.3. The highest BCUT2D eigenvalue weighted by Crippen LogP contribution is 2.18. The number of rotatable bonds is 6. The molecular formula is C17H25N7O3S. The number of hydrogen-bond acceptors (Lipinski definition) is 6. The summed E-state index contributed by atoms with van der Waals surface area (Å²) in [6.07, 6.45) is 5.32. The zero-order valence-electron chi connectivity index (χ0n) is 15.7. The number of piperazine rings is 1. The summed E-state index contributed by atoms with van der Waals surface area (Å²) in [5, 5.41) is 8.50. The van der Waals surface area contributed by atoms with Crippen LogP contribution in [0.5, 0.6) is 0 Å². The molecule has 0 atom stereocenters. The fraction of sp³-hybridized carbons (Fsp3) is 0.588. The zero-order valence-corrected chi connectivity index (χ0v) is 16.5. The van der Waals surface area contributed by atoms with Crippen LogP contribution in [-0.4, -0.2) is 87.3 Å². The third-order valence-corrected chi connectivity index (χ3v) is 7.30. The van der Waals surface area contributed by atoms with E-state index in [1.807, 2.05) is 0 Å². The van der Waals surface area contributed by atoms with Gasteiger partial charge in [-0.15, -0.1) is 5.10 Å². The maximum atomic E-state index is 12.6. The summed E-state index contributed by atoms with van der Waals surface area (Å²) in [5.74, 6) is 0.589. The molecule has 28 heavy (non-hydrogen) atoms. The molecule has 2 aliphatic heterocycles. The number of aromatic nitrogens is 4. The highest BCUT2D eigenvalue weighted by Gasteiger charge is 2.33. The van der Waals surface area contributed by atoms with Crippen LogP contribution in [0.3, 0.4) is 0 Å². The van der Waals surface area contributed by atoms with Crippen LogP contribution in [0.25, 0.3) is 5.82 Å². The molecule has 2 aliphatic rings. The smallest absolute Gasteiger partial charge is 0.282 e. The molecule has 2 aromatic heterocycles. The second-order valence-electron chi connectivity index (χ2n) is 7.06. The van der Waals surface area contributed by atoms with Gasteiger partial charge < -0.3 is 0 Å². The molecule has 0 unspecified atom stereocenters. The topological polar surface area (TPSA) is 96.6 Å². The lowest BCUT2D eigenvalue weighted by molar-refractivity contribution is 0.175. The molecule has 2 fully saturated rings. The Morgan fingerprint density at radius 1 is 0.929 bits per heavy atom. The van der Waals surface area contributed by atoms with E-state index in [0.29, 0.717) is 58.2 Å². The van der Waals surface area contributed by atoms with E-state index in [2.05, 4.69) is 15.1 Å². The van der Waals surface area contributed by atoms with Crippen molar-refractivity contribution < 1.29 is 8.42 Å². The van der Waals surface area contributed by atoms with Crippen molar-refractivity contribution in [2.75, 3.05) is 45.8 Å². The van der Waals surface area contributed by atoms with Gasteiger partial charge in [0.25, 0.3) is 15.8 Å². The molecule has 10 nitrogen and oxygen atoms in total. The maximum Gasteiger partial charge on any atom is 0.282 e. The van der Waals surface area contributed by atoms with Crippen molar-refractivity contribution in [2.24, 2.45) is 0 Å². The maximum absolute atomic E-state index is 12.6. The van der Waals surface area contributed by atoms with E-state index in [0.717, 1.165) is 12.8 Å². The van der Waals surface area contributed by atoms with E-state index in [4.69, 9.17) is 0 Å². The largest absolute Gasteiger partial charge is 0.299 e.